The van der Waals surface area contributed by atoms with E-state index >= 15 is 0 Å². The fourth-order valence-corrected chi connectivity index (χ4v) is 3.77. The number of nitrogens with zero attached hydrogens (tertiary/aromatic N) is 3. The number of nitrogens with one attached hydrogen (secondary N) is 4. The number of hydrogen-bond acceptors (Lipinski definition) is 5. The Hall–Kier alpha value is -2.51. The van der Waals surface area contributed by atoms with Crippen LogP contribution in [-0.2, 0) is 0 Å². The monoisotopic (exact) mass is 369 g/mol. The van der Waals surface area contributed by atoms with Crippen molar-refractivity contribution in [1.29, 1.82) is 0 Å². The van der Waals surface area contributed by atoms with Gasteiger partial charge in [-0.2, -0.15) is 0 Å². The van der Waals surface area contributed by atoms with Gasteiger partial charge in [0.05, 0.1) is 5.69 Å². The van der Waals surface area contributed by atoms with Crippen molar-refractivity contribution in [2.75, 3.05) is 10.6 Å². The van der Waals surface area contributed by atoms with Gasteiger partial charge in [-0.25, -0.2) is 14.3 Å². The predicted octanol–water partition coefficient (Wildman–Crippen LogP) is 2.49. The van der Waals surface area contributed by atoms with Crippen molar-refractivity contribution in [2.24, 2.45) is 0 Å². The Morgan fingerprint density at radius 2 is 1.48 bits per heavy atom. The summed E-state index contributed by atoms with van der Waals surface area (Å²) in [7, 11) is 0. The minimum absolute atomic E-state index is 0.00285. The van der Waals surface area contributed by atoms with Crippen LogP contribution >= 0.6 is 0 Å². The first-order valence-electron chi connectivity index (χ1n) is 10.2. The number of anilines is 2. The summed E-state index contributed by atoms with van der Waals surface area (Å²) >= 11 is 0. The van der Waals surface area contributed by atoms with Gasteiger partial charge in [0.1, 0.15) is 5.82 Å². The van der Waals surface area contributed by atoms with Crippen molar-refractivity contribution < 1.29 is 4.79 Å². The number of fused-ring (bicyclic) bond motifs is 1. The van der Waals surface area contributed by atoms with Gasteiger partial charge >= 0.3 is 6.03 Å². The van der Waals surface area contributed by atoms with Crippen LogP contribution in [0.2, 0.25) is 0 Å². The third kappa shape index (κ3) is 4.09. The van der Waals surface area contributed by atoms with Crippen LogP contribution in [0, 0.1) is 0 Å². The van der Waals surface area contributed by atoms with Crippen LogP contribution in [0.1, 0.15) is 51.4 Å². The maximum absolute atomic E-state index is 11.9. The molecule has 8 heteroatoms. The molecule has 27 heavy (non-hydrogen) atoms. The molecule has 0 bridgehead atoms. The SMILES string of the molecule is O=C(NC1CC1)NC1CCC(Nc2cc(NC3CC3)c3nccn3n2)CC1. The van der Waals surface area contributed by atoms with E-state index in [1.54, 1.807) is 6.20 Å². The van der Waals surface area contributed by atoms with Crippen molar-refractivity contribution in [1.82, 2.24) is 25.2 Å². The van der Waals surface area contributed by atoms with Crippen molar-refractivity contribution in [3.8, 4) is 0 Å². The minimum atomic E-state index is -0.00285. The summed E-state index contributed by atoms with van der Waals surface area (Å²) in [5, 5.41) is 17.9. The zero-order valence-corrected chi connectivity index (χ0v) is 15.4. The molecule has 0 spiro atoms. The molecule has 5 rings (SSSR count). The quantitative estimate of drug-likeness (QED) is 0.627. The highest BCUT2D eigenvalue weighted by Gasteiger charge is 2.27. The summed E-state index contributed by atoms with van der Waals surface area (Å²) < 4.78 is 1.84. The van der Waals surface area contributed by atoms with Gasteiger partial charge in [-0.05, 0) is 51.4 Å². The zero-order chi connectivity index (χ0) is 18.2. The summed E-state index contributed by atoms with van der Waals surface area (Å²) in [4.78, 5) is 16.3. The van der Waals surface area contributed by atoms with Crippen molar-refractivity contribution in [2.45, 2.75) is 75.5 Å². The summed E-state index contributed by atoms with van der Waals surface area (Å²) in [6.07, 6.45) is 12.4. The van der Waals surface area contributed by atoms with Gasteiger partial charge in [0.2, 0.25) is 0 Å². The Morgan fingerprint density at radius 3 is 2.15 bits per heavy atom. The fraction of sp³-hybridized carbons (Fsp3) is 0.632. The third-order valence-corrected chi connectivity index (χ3v) is 5.62. The zero-order valence-electron chi connectivity index (χ0n) is 15.4. The Kier molecular flexibility index (Phi) is 4.26. The first kappa shape index (κ1) is 16.6. The van der Waals surface area contributed by atoms with Crippen LogP contribution in [0.15, 0.2) is 18.5 Å². The Morgan fingerprint density at radius 1 is 0.889 bits per heavy atom. The van der Waals surface area contributed by atoms with Gasteiger partial charge in [-0.3, -0.25) is 0 Å². The molecule has 2 heterocycles. The Labute approximate surface area is 158 Å². The number of amides is 2. The van der Waals surface area contributed by atoms with Gasteiger partial charge in [-0.1, -0.05) is 0 Å². The average molecular weight is 369 g/mol. The first-order valence-corrected chi connectivity index (χ1v) is 10.2. The normalized spacial score (nSPS) is 25.2. The molecule has 8 nitrogen and oxygen atoms in total. The molecule has 3 aliphatic carbocycles. The van der Waals surface area contributed by atoms with Crippen molar-refractivity contribution >= 4 is 23.2 Å². The molecule has 2 aromatic rings. The van der Waals surface area contributed by atoms with E-state index < -0.39 is 0 Å². The van der Waals surface area contributed by atoms with E-state index in [1.165, 1.54) is 12.8 Å². The molecule has 3 saturated carbocycles. The standard InChI is InChI=1S/C19H27N7O/c27-19(24-15-7-8-15)23-14-5-3-13(4-6-14)22-17-11-16(21-12-1-2-12)18-20-9-10-26(18)25-17/h9-15,21H,1-8H2,(H,22,25)(H2,23,24,27). The molecule has 0 saturated heterocycles. The van der Waals surface area contributed by atoms with Crippen LogP contribution in [0.5, 0.6) is 0 Å². The maximum atomic E-state index is 11.9. The van der Waals surface area contributed by atoms with Crippen LogP contribution in [-0.4, -0.2) is 44.8 Å². The number of carbonyl (C=O) groups is 1. The highest BCUT2D eigenvalue weighted by Crippen LogP contribution is 2.29. The van der Waals surface area contributed by atoms with Gasteiger partial charge in [0, 0.05) is 42.6 Å². The smallest absolute Gasteiger partial charge is 0.315 e. The molecule has 0 unspecified atom stereocenters. The number of carbonyl (C=O) groups excluding carboxylic acids is 1. The van der Waals surface area contributed by atoms with Crippen molar-refractivity contribution in [3.63, 3.8) is 0 Å². The topological polar surface area (TPSA) is 95.4 Å². The number of imidazole rings is 1. The van der Waals surface area contributed by atoms with E-state index in [2.05, 4.69) is 37.4 Å². The van der Waals surface area contributed by atoms with Crippen LogP contribution in [0.3, 0.4) is 0 Å². The predicted molar refractivity (Wildman–Crippen MR) is 104 cm³/mol. The number of urea groups is 1. The minimum Gasteiger partial charge on any atom is -0.379 e. The molecule has 0 atom stereocenters. The number of rotatable bonds is 6. The van der Waals surface area contributed by atoms with Gasteiger partial charge in [0.25, 0.3) is 0 Å². The molecule has 144 valence electrons. The molecule has 4 N–H and O–H groups in total. The van der Waals surface area contributed by atoms with E-state index in [9.17, 15) is 4.79 Å². The van der Waals surface area contributed by atoms with E-state index in [1.807, 2.05) is 10.7 Å². The third-order valence-electron chi connectivity index (χ3n) is 5.62. The van der Waals surface area contributed by atoms with E-state index in [4.69, 9.17) is 0 Å². The lowest BCUT2D eigenvalue weighted by Gasteiger charge is -2.30. The Bertz CT molecular complexity index is 819. The van der Waals surface area contributed by atoms with Crippen molar-refractivity contribution in [3.05, 3.63) is 18.5 Å². The van der Waals surface area contributed by atoms with Crippen LogP contribution in [0.4, 0.5) is 16.3 Å². The number of hydrogen-bond donors (Lipinski definition) is 4. The second-order valence-corrected chi connectivity index (χ2v) is 8.14. The Balaban J connectivity index is 1.18. The first-order chi connectivity index (χ1) is 13.2. The summed E-state index contributed by atoms with van der Waals surface area (Å²) in [6.45, 7) is 0. The van der Waals surface area contributed by atoms with Gasteiger partial charge < -0.3 is 21.3 Å². The summed E-state index contributed by atoms with van der Waals surface area (Å²) in [6, 6.07) is 3.72. The maximum Gasteiger partial charge on any atom is 0.315 e. The molecule has 3 fully saturated rings. The van der Waals surface area contributed by atoms with E-state index in [0.29, 0.717) is 18.1 Å². The second-order valence-electron chi connectivity index (χ2n) is 8.14. The molecule has 0 radical (unpaired) electrons. The van der Waals surface area contributed by atoms with Gasteiger partial charge in [-0.15, -0.1) is 5.10 Å². The van der Waals surface area contributed by atoms with Gasteiger partial charge in [0.15, 0.2) is 5.65 Å². The molecule has 3 aliphatic rings. The fourth-order valence-electron chi connectivity index (χ4n) is 3.77. The molecule has 0 aromatic carbocycles. The lowest BCUT2D eigenvalue weighted by molar-refractivity contribution is 0.231. The average Bonchev–Trinajstić information content (AvgIpc) is 3.58. The molecule has 2 amide bonds. The highest BCUT2D eigenvalue weighted by molar-refractivity contribution is 5.75. The van der Waals surface area contributed by atoms with E-state index in [-0.39, 0.29) is 12.1 Å². The highest BCUT2D eigenvalue weighted by atomic mass is 16.2. The molecule has 2 aromatic heterocycles. The lowest BCUT2D eigenvalue weighted by Crippen LogP contribution is -2.45. The largest absolute Gasteiger partial charge is 0.379 e. The molecular formula is C19H27N7O. The number of aromatic nitrogens is 3. The lowest BCUT2D eigenvalue weighted by atomic mass is 9.91. The summed E-state index contributed by atoms with van der Waals surface area (Å²) in [5.41, 5.74) is 1.93. The molecule has 0 aliphatic heterocycles. The van der Waals surface area contributed by atoms with Crippen LogP contribution < -0.4 is 21.3 Å². The second kappa shape index (κ2) is 6.90. The molecular weight excluding hydrogens is 342 g/mol. The summed E-state index contributed by atoms with van der Waals surface area (Å²) in [5.74, 6) is 0.881. The van der Waals surface area contributed by atoms with Crippen LogP contribution in [0.25, 0.3) is 5.65 Å². The van der Waals surface area contributed by atoms with E-state index in [0.717, 1.165) is 55.7 Å².